The first-order valence-corrected chi connectivity index (χ1v) is 6.92. The molecule has 20 heavy (non-hydrogen) atoms. The van der Waals surface area contributed by atoms with Crippen molar-refractivity contribution in [3.63, 3.8) is 0 Å². The Labute approximate surface area is 118 Å². The number of ketones is 1. The van der Waals surface area contributed by atoms with Gasteiger partial charge in [-0.15, -0.1) is 0 Å². The lowest BCUT2D eigenvalue weighted by atomic mass is 9.95. The van der Waals surface area contributed by atoms with E-state index in [9.17, 15) is 4.79 Å². The number of methoxy groups -OCH3 is 1. The van der Waals surface area contributed by atoms with E-state index < -0.39 is 0 Å². The zero-order valence-electron chi connectivity index (χ0n) is 11.8. The summed E-state index contributed by atoms with van der Waals surface area (Å²) in [6.45, 7) is 2.75. The summed E-state index contributed by atoms with van der Waals surface area (Å²) in [6, 6.07) is 11.6. The molecule has 0 saturated carbocycles. The van der Waals surface area contributed by atoms with Crippen LogP contribution < -0.4 is 4.74 Å². The van der Waals surface area contributed by atoms with Crippen molar-refractivity contribution in [1.82, 2.24) is 0 Å². The van der Waals surface area contributed by atoms with Crippen LogP contribution in [0.25, 0.3) is 10.8 Å². The van der Waals surface area contributed by atoms with Crippen LogP contribution in [0.3, 0.4) is 0 Å². The third-order valence-electron chi connectivity index (χ3n) is 3.98. The van der Waals surface area contributed by atoms with Crippen molar-refractivity contribution >= 4 is 16.6 Å². The maximum absolute atomic E-state index is 12.5. The summed E-state index contributed by atoms with van der Waals surface area (Å²) in [7, 11) is 1.65. The SMILES string of the molecule is COc1ccc2cc(C(=O)C3OCCC3C)ccc2c1. The second-order valence-corrected chi connectivity index (χ2v) is 5.35. The summed E-state index contributed by atoms with van der Waals surface area (Å²) in [5.41, 5.74) is 0.724. The number of Topliss-reactive ketones (excluding diaryl/α,β-unsaturated/α-hetero) is 1. The van der Waals surface area contributed by atoms with Crippen molar-refractivity contribution in [1.29, 1.82) is 0 Å². The summed E-state index contributed by atoms with van der Waals surface area (Å²) in [5, 5.41) is 2.11. The second-order valence-electron chi connectivity index (χ2n) is 5.35. The fraction of sp³-hybridized carbons (Fsp3) is 0.353. The molecule has 0 bridgehead atoms. The van der Waals surface area contributed by atoms with E-state index in [4.69, 9.17) is 9.47 Å². The number of carbonyl (C=O) groups is 1. The van der Waals surface area contributed by atoms with Gasteiger partial charge in [0, 0.05) is 12.2 Å². The van der Waals surface area contributed by atoms with E-state index in [1.54, 1.807) is 7.11 Å². The Hall–Kier alpha value is -1.87. The van der Waals surface area contributed by atoms with Gasteiger partial charge in [0.05, 0.1) is 7.11 Å². The number of rotatable bonds is 3. The normalized spacial score (nSPS) is 22.1. The minimum absolute atomic E-state index is 0.0905. The summed E-state index contributed by atoms with van der Waals surface area (Å²) >= 11 is 0. The van der Waals surface area contributed by atoms with E-state index in [2.05, 4.69) is 6.92 Å². The van der Waals surface area contributed by atoms with Crippen molar-refractivity contribution in [3.8, 4) is 5.75 Å². The lowest BCUT2D eigenvalue weighted by molar-refractivity contribution is 0.0579. The summed E-state index contributed by atoms with van der Waals surface area (Å²) in [5.74, 6) is 1.21. The van der Waals surface area contributed by atoms with Crippen LogP contribution >= 0.6 is 0 Å². The van der Waals surface area contributed by atoms with Crippen LogP contribution in [-0.4, -0.2) is 25.6 Å². The Morgan fingerprint density at radius 3 is 2.65 bits per heavy atom. The maximum atomic E-state index is 12.5. The molecule has 2 aromatic rings. The Bertz CT molecular complexity index is 648. The smallest absolute Gasteiger partial charge is 0.191 e. The Balaban J connectivity index is 1.94. The summed E-state index contributed by atoms with van der Waals surface area (Å²) in [6.07, 6.45) is 0.673. The van der Waals surface area contributed by atoms with Gasteiger partial charge < -0.3 is 9.47 Å². The van der Waals surface area contributed by atoms with Gasteiger partial charge in [-0.05, 0) is 41.3 Å². The molecule has 3 heteroatoms. The van der Waals surface area contributed by atoms with Crippen molar-refractivity contribution in [2.24, 2.45) is 5.92 Å². The quantitative estimate of drug-likeness (QED) is 0.801. The highest BCUT2D eigenvalue weighted by Crippen LogP contribution is 2.26. The van der Waals surface area contributed by atoms with Gasteiger partial charge in [0.25, 0.3) is 0 Å². The van der Waals surface area contributed by atoms with Crippen LogP contribution in [0.5, 0.6) is 5.75 Å². The Kier molecular flexibility index (Phi) is 3.45. The van der Waals surface area contributed by atoms with Gasteiger partial charge >= 0.3 is 0 Å². The molecule has 0 spiro atoms. The minimum Gasteiger partial charge on any atom is -0.497 e. The first kappa shape index (κ1) is 13.1. The predicted molar refractivity (Wildman–Crippen MR) is 78.4 cm³/mol. The number of ether oxygens (including phenoxy) is 2. The maximum Gasteiger partial charge on any atom is 0.191 e. The molecule has 1 saturated heterocycles. The van der Waals surface area contributed by atoms with E-state index >= 15 is 0 Å². The van der Waals surface area contributed by atoms with Crippen LogP contribution in [0.4, 0.5) is 0 Å². The van der Waals surface area contributed by atoms with Gasteiger partial charge in [-0.25, -0.2) is 0 Å². The van der Waals surface area contributed by atoms with E-state index in [1.165, 1.54) is 0 Å². The van der Waals surface area contributed by atoms with Gasteiger partial charge in [0.1, 0.15) is 11.9 Å². The minimum atomic E-state index is -0.286. The lowest BCUT2D eigenvalue weighted by Crippen LogP contribution is -2.25. The highest BCUT2D eigenvalue weighted by molar-refractivity contribution is 6.03. The molecule has 3 nitrogen and oxygen atoms in total. The van der Waals surface area contributed by atoms with E-state index in [1.807, 2.05) is 36.4 Å². The van der Waals surface area contributed by atoms with Crippen molar-refractivity contribution in [2.75, 3.05) is 13.7 Å². The molecule has 2 atom stereocenters. The molecule has 2 unspecified atom stereocenters. The number of benzene rings is 2. The highest BCUT2D eigenvalue weighted by Gasteiger charge is 2.31. The molecule has 2 aromatic carbocycles. The van der Waals surface area contributed by atoms with Gasteiger partial charge in [0.15, 0.2) is 5.78 Å². The molecule has 1 heterocycles. The highest BCUT2D eigenvalue weighted by atomic mass is 16.5. The number of hydrogen-bond donors (Lipinski definition) is 0. The monoisotopic (exact) mass is 270 g/mol. The van der Waals surface area contributed by atoms with E-state index in [0.717, 1.165) is 28.5 Å². The molecule has 1 aliphatic heterocycles. The predicted octanol–water partition coefficient (Wildman–Crippen LogP) is 3.46. The average molecular weight is 270 g/mol. The number of carbonyl (C=O) groups excluding carboxylic acids is 1. The van der Waals surface area contributed by atoms with Gasteiger partial charge in [0.2, 0.25) is 0 Å². The summed E-state index contributed by atoms with van der Waals surface area (Å²) < 4.78 is 10.8. The van der Waals surface area contributed by atoms with Gasteiger partial charge in [-0.2, -0.15) is 0 Å². The summed E-state index contributed by atoms with van der Waals surface area (Å²) in [4.78, 5) is 12.5. The molecule has 1 fully saturated rings. The molecule has 0 amide bonds. The molecule has 0 aliphatic carbocycles. The average Bonchev–Trinajstić information content (AvgIpc) is 2.91. The van der Waals surface area contributed by atoms with Gasteiger partial charge in [-0.3, -0.25) is 4.79 Å². The molecule has 0 radical (unpaired) electrons. The molecule has 0 aromatic heterocycles. The molecular formula is C17H18O3. The van der Waals surface area contributed by atoms with Crippen molar-refractivity contribution in [2.45, 2.75) is 19.4 Å². The number of hydrogen-bond acceptors (Lipinski definition) is 3. The van der Waals surface area contributed by atoms with Crippen molar-refractivity contribution < 1.29 is 14.3 Å². The molecular weight excluding hydrogens is 252 g/mol. The third kappa shape index (κ3) is 2.29. The first-order chi connectivity index (χ1) is 9.69. The molecule has 104 valence electrons. The standard InChI is InChI=1S/C17H18O3/c1-11-7-8-20-17(11)16(18)14-4-3-13-10-15(19-2)6-5-12(13)9-14/h3-6,9-11,17H,7-8H2,1-2H3. The van der Waals surface area contributed by atoms with Crippen LogP contribution in [0.1, 0.15) is 23.7 Å². The molecule has 3 rings (SSSR count). The number of fused-ring (bicyclic) bond motifs is 1. The van der Waals surface area contributed by atoms with Crippen LogP contribution in [0, 0.1) is 5.92 Å². The van der Waals surface area contributed by atoms with Crippen LogP contribution in [0.2, 0.25) is 0 Å². The third-order valence-corrected chi connectivity index (χ3v) is 3.98. The molecule has 0 N–H and O–H groups in total. The topological polar surface area (TPSA) is 35.5 Å². The molecule has 1 aliphatic rings. The first-order valence-electron chi connectivity index (χ1n) is 6.92. The fourth-order valence-electron chi connectivity index (χ4n) is 2.70. The fourth-order valence-corrected chi connectivity index (χ4v) is 2.70. The zero-order chi connectivity index (χ0) is 14.1. The zero-order valence-corrected chi connectivity index (χ0v) is 11.8. The van der Waals surface area contributed by atoms with Crippen LogP contribution in [-0.2, 0) is 4.74 Å². The van der Waals surface area contributed by atoms with Gasteiger partial charge in [-0.1, -0.05) is 25.1 Å². The Morgan fingerprint density at radius 1 is 1.20 bits per heavy atom. The lowest BCUT2D eigenvalue weighted by Gasteiger charge is -2.13. The largest absolute Gasteiger partial charge is 0.497 e. The second kappa shape index (κ2) is 5.25. The van der Waals surface area contributed by atoms with Crippen LogP contribution in [0.15, 0.2) is 36.4 Å². The van der Waals surface area contributed by atoms with E-state index in [0.29, 0.717) is 12.5 Å². The van der Waals surface area contributed by atoms with Crippen molar-refractivity contribution in [3.05, 3.63) is 42.0 Å². The Morgan fingerprint density at radius 2 is 1.95 bits per heavy atom. The van der Waals surface area contributed by atoms with E-state index in [-0.39, 0.29) is 11.9 Å².